The molecular weight excluding hydrogens is 494 g/mol. The maximum Gasteiger partial charge on any atom is 0.573 e. The van der Waals surface area contributed by atoms with E-state index >= 15 is 0 Å². The molecule has 0 spiro atoms. The number of carboxylic acids is 1. The fourth-order valence-corrected chi connectivity index (χ4v) is 3.67. The van der Waals surface area contributed by atoms with E-state index in [1.54, 1.807) is 7.11 Å². The maximum atomic E-state index is 14.1. The van der Waals surface area contributed by atoms with Gasteiger partial charge in [0.05, 0.1) is 7.11 Å². The second-order valence-electron chi connectivity index (χ2n) is 8.24. The zero-order valence-electron chi connectivity index (χ0n) is 20.3. The molecule has 0 aliphatic heterocycles. The van der Waals surface area contributed by atoms with Crippen molar-refractivity contribution in [2.45, 2.75) is 32.2 Å². The molecule has 3 rings (SSSR count). The van der Waals surface area contributed by atoms with Crippen LogP contribution in [0, 0.1) is 5.82 Å². The fourth-order valence-electron chi connectivity index (χ4n) is 3.67. The first-order chi connectivity index (χ1) is 17.5. The van der Waals surface area contributed by atoms with Gasteiger partial charge in [0.25, 0.3) is 0 Å². The number of aliphatic carboxylic acids is 1. The number of aryl methyl sites for hydroxylation is 1. The number of rotatable bonds is 12. The van der Waals surface area contributed by atoms with Gasteiger partial charge in [0.2, 0.25) is 0 Å². The highest BCUT2D eigenvalue weighted by Crippen LogP contribution is 2.34. The molecule has 1 atom stereocenters. The molecule has 3 aromatic carbocycles. The molecule has 198 valence electrons. The number of carboxylic acid groups (broad SMARTS) is 1. The molecule has 0 bridgehead atoms. The third-order valence-electron chi connectivity index (χ3n) is 5.52. The third-order valence-corrected chi connectivity index (χ3v) is 5.52. The minimum absolute atomic E-state index is 0.0300. The SMILES string of the molecule is COc1cccc([C@@H](C)NCCOc2cc(OC(F)(F)F)cc(-c3ccc(F)c(CCC(=O)O)c3)c2)c1. The molecule has 3 aromatic rings. The summed E-state index contributed by atoms with van der Waals surface area (Å²) in [5.41, 5.74) is 1.83. The van der Waals surface area contributed by atoms with Crippen LogP contribution in [0.15, 0.2) is 60.7 Å². The number of alkyl halides is 3. The monoisotopic (exact) mass is 521 g/mol. The quantitative estimate of drug-likeness (QED) is 0.220. The fraction of sp³-hybridized carbons (Fsp3) is 0.296. The summed E-state index contributed by atoms with van der Waals surface area (Å²) in [7, 11) is 1.58. The van der Waals surface area contributed by atoms with Gasteiger partial charge in [-0.05, 0) is 72.0 Å². The van der Waals surface area contributed by atoms with Gasteiger partial charge < -0.3 is 24.6 Å². The Kier molecular flexibility index (Phi) is 9.35. The van der Waals surface area contributed by atoms with E-state index in [4.69, 9.17) is 14.6 Å². The molecule has 0 unspecified atom stereocenters. The second kappa shape index (κ2) is 12.4. The molecule has 0 fully saturated rings. The summed E-state index contributed by atoms with van der Waals surface area (Å²) in [4.78, 5) is 10.9. The minimum atomic E-state index is -4.92. The molecule has 0 saturated heterocycles. The first kappa shape index (κ1) is 27.8. The minimum Gasteiger partial charge on any atom is -0.497 e. The highest BCUT2D eigenvalue weighted by molar-refractivity contribution is 5.69. The third kappa shape index (κ3) is 8.68. The largest absolute Gasteiger partial charge is 0.573 e. The first-order valence-corrected chi connectivity index (χ1v) is 11.5. The van der Waals surface area contributed by atoms with Crippen molar-refractivity contribution in [3.63, 3.8) is 0 Å². The molecular formula is C27H27F4NO5. The number of hydrogen-bond acceptors (Lipinski definition) is 5. The lowest BCUT2D eigenvalue weighted by Gasteiger charge is -2.17. The number of hydrogen-bond donors (Lipinski definition) is 2. The molecule has 0 aliphatic rings. The summed E-state index contributed by atoms with van der Waals surface area (Å²) in [5.74, 6) is -1.32. The molecule has 37 heavy (non-hydrogen) atoms. The molecule has 0 amide bonds. The Balaban J connectivity index is 1.75. The molecule has 2 N–H and O–H groups in total. The molecule has 0 aliphatic carbocycles. The standard InChI is InChI=1S/C27H27F4NO5/c1-17(18-4-3-5-22(13-18)35-2)32-10-11-36-23-14-21(15-24(16-23)37-27(29,30)31)19-6-8-25(28)20(12-19)7-9-26(33)34/h3-6,8,12-17,32H,7,9-11H2,1-2H3,(H,33,34)/t17-/m1/s1. The van der Waals surface area contributed by atoms with Crippen LogP contribution in [0.4, 0.5) is 17.6 Å². The Labute approximate surface area is 211 Å². The lowest BCUT2D eigenvalue weighted by atomic mass is 10.00. The number of carbonyl (C=O) groups is 1. The number of halogens is 4. The molecule has 0 aromatic heterocycles. The first-order valence-electron chi connectivity index (χ1n) is 11.5. The predicted octanol–water partition coefficient (Wildman–Crippen LogP) is 6.15. The van der Waals surface area contributed by atoms with E-state index in [-0.39, 0.29) is 36.8 Å². The van der Waals surface area contributed by atoms with Gasteiger partial charge in [-0.15, -0.1) is 13.2 Å². The van der Waals surface area contributed by atoms with Crippen LogP contribution < -0.4 is 19.5 Å². The van der Waals surface area contributed by atoms with E-state index in [1.807, 2.05) is 31.2 Å². The molecule has 10 heteroatoms. The van der Waals surface area contributed by atoms with E-state index in [2.05, 4.69) is 10.1 Å². The summed E-state index contributed by atoms with van der Waals surface area (Å²) in [6.07, 6.45) is -5.26. The van der Waals surface area contributed by atoms with Crippen LogP contribution >= 0.6 is 0 Å². The van der Waals surface area contributed by atoms with Crippen LogP contribution in [0.5, 0.6) is 17.2 Å². The van der Waals surface area contributed by atoms with Crippen LogP contribution in [-0.2, 0) is 11.2 Å². The summed E-state index contributed by atoms with van der Waals surface area (Å²) in [6.45, 7) is 2.51. The van der Waals surface area contributed by atoms with E-state index in [0.717, 1.165) is 29.5 Å². The van der Waals surface area contributed by atoms with Gasteiger partial charge in [0, 0.05) is 25.1 Å². The normalized spacial score (nSPS) is 12.2. The van der Waals surface area contributed by atoms with Crippen molar-refractivity contribution in [3.8, 4) is 28.4 Å². The number of ether oxygens (including phenoxy) is 3. The van der Waals surface area contributed by atoms with Crippen molar-refractivity contribution >= 4 is 5.97 Å². The van der Waals surface area contributed by atoms with Gasteiger partial charge >= 0.3 is 12.3 Å². The highest BCUT2D eigenvalue weighted by atomic mass is 19.4. The zero-order chi connectivity index (χ0) is 27.0. The Morgan fingerprint density at radius 3 is 2.46 bits per heavy atom. The average Bonchev–Trinajstić information content (AvgIpc) is 2.84. The van der Waals surface area contributed by atoms with Gasteiger partial charge in [-0.3, -0.25) is 4.79 Å². The Hall–Kier alpha value is -3.79. The van der Waals surface area contributed by atoms with Crippen molar-refractivity contribution in [2.75, 3.05) is 20.3 Å². The summed E-state index contributed by atoms with van der Waals surface area (Å²) in [5, 5.41) is 12.2. The zero-order valence-corrected chi connectivity index (χ0v) is 20.3. The van der Waals surface area contributed by atoms with Crippen LogP contribution in [0.3, 0.4) is 0 Å². The average molecular weight is 522 g/mol. The van der Waals surface area contributed by atoms with E-state index in [9.17, 15) is 22.4 Å². The summed E-state index contributed by atoms with van der Waals surface area (Å²) >= 11 is 0. The van der Waals surface area contributed by atoms with Crippen LogP contribution in [0.2, 0.25) is 0 Å². The van der Waals surface area contributed by atoms with Crippen molar-refractivity contribution in [1.82, 2.24) is 5.32 Å². The van der Waals surface area contributed by atoms with E-state index in [1.165, 1.54) is 18.2 Å². The van der Waals surface area contributed by atoms with Gasteiger partial charge in [0.1, 0.15) is 29.7 Å². The van der Waals surface area contributed by atoms with Gasteiger partial charge in [-0.25, -0.2) is 4.39 Å². The van der Waals surface area contributed by atoms with Gasteiger partial charge in [-0.2, -0.15) is 0 Å². The van der Waals surface area contributed by atoms with Crippen molar-refractivity contribution in [2.24, 2.45) is 0 Å². The van der Waals surface area contributed by atoms with Gasteiger partial charge in [0.15, 0.2) is 0 Å². The van der Waals surface area contributed by atoms with Crippen molar-refractivity contribution in [1.29, 1.82) is 0 Å². The maximum absolute atomic E-state index is 14.1. The topological polar surface area (TPSA) is 77.0 Å². The molecule has 0 saturated carbocycles. The van der Waals surface area contributed by atoms with Crippen LogP contribution in [-0.4, -0.2) is 37.7 Å². The highest BCUT2D eigenvalue weighted by Gasteiger charge is 2.31. The summed E-state index contributed by atoms with van der Waals surface area (Å²) in [6, 6.07) is 15.3. The number of methoxy groups -OCH3 is 1. The van der Waals surface area contributed by atoms with E-state index in [0.29, 0.717) is 17.7 Å². The lowest BCUT2D eigenvalue weighted by molar-refractivity contribution is -0.274. The Morgan fingerprint density at radius 1 is 1.00 bits per heavy atom. The Bertz CT molecular complexity index is 1220. The van der Waals surface area contributed by atoms with Crippen molar-refractivity contribution in [3.05, 3.63) is 77.6 Å². The Morgan fingerprint density at radius 2 is 1.76 bits per heavy atom. The number of benzene rings is 3. The van der Waals surface area contributed by atoms with Crippen LogP contribution in [0.25, 0.3) is 11.1 Å². The van der Waals surface area contributed by atoms with Gasteiger partial charge in [-0.1, -0.05) is 18.2 Å². The smallest absolute Gasteiger partial charge is 0.497 e. The van der Waals surface area contributed by atoms with E-state index < -0.39 is 23.9 Å². The molecule has 6 nitrogen and oxygen atoms in total. The lowest BCUT2D eigenvalue weighted by Crippen LogP contribution is -2.24. The summed E-state index contributed by atoms with van der Waals surface area (Å²) < 4.78 is 68.0. The molecule has 0 radical (unpaired) electrons. The second-order valence-corrected chi connectivity index (χ2v) is 8.24. The van der Waals surface area contributed by atoms with Crippen LogP contribution in [0.1, 0.15) is 30.5 Å². The molecule has 0 heterocycles. The predicted molar refractivity (Wildman–Crippen MR) is 129 cm³/mol. The van der Waals surface area contributed by atoms with Crippen molar-refractivity contribution < 1.29 is 41.7 Å². The number of nitrogens with one attached hydrogen (secondary N) is 1.